The molecule has 0 atom stereocenters. The first-order valence-corrected chi connectivity index (χ1v) is 10.0. The molecule has 2 heterocycles. The van der Waals surface area contributed by atoms with E-state index < -0.39 is 0 Å². The van der Waals surface area contributed by atoms with Crippen molar-refractivity contribution in [3.05, 3.63) is 47.2 Å². The van der Waals surface area contributed by atoms with Gasteiger partial charge in [0, 0.05) is 37.6 Å². The molecule has 3 heteroatoms. The average molecular weight is 355 g/mol. The predicted molar refractivity (Wildman–Crippen MR) is 110 cm³/mol. The van der Waals surface area contributed by atoms with Gasteiger partial charge in [-0.25, -0.2) is 0 Å². The molecule has 0 unspecified atom stereocenters. The normalized spacial score (nSPS) is 16.0. The van der Waals surface area contributed by atoms with Crippen molar-refractivity contribution in [1.82, 2.24) is 9.47 Å². The third-order valence-electron chi connectivity index (χ3n) is 5.39. The molecule has 1 aromatic carbocycles. The van der Waals surface area contributed by atoms with Crippen molar-refractivity contribution >= 4 is 0 Å². The van der Waals surface area contributed by atoms with Crippen LogP contribution in [0.5, 0.6) is 0 Å². The highest BCUT2D eigenvalue weighted by atomic mass is 16.5. The molecule has 1 fully saturated rings. The zero-order chi connectivity index (χ0) is 18.7. The lowest BCUT2D eigenvalue weighted by Gasteiger charge is -2.26. The van der Waals surface area contributed by atoms with Gasteiger partial charge in [-0.3, -0.25) is 4.90 Å². The Labute approximate surface area is 159 Å². The van der Waals surface area contributed by atoms with Gasteiger partial charge in [0.2, 0.25) is 0 Å². The number of ether oxygens (including phenoxy) is 1. The summed E-state index contributed by atoms with van der Waals surface area (Å²) in [6.45, 7) is 17.3. The van der Waals surface area contributed by atoms with Crippen LogP contribution < -0.4 is 0 Å². The van der Waals surface area contributed by atoms with E-state index in [0.29, 0.717) is 11.8 Å². The number of rotatable bonds is 6. The molecule has 0 bridgehead atoms. The summed E-state index contributed by atoms with van der Waals surface area (Å²) < 4.78 is 8.02. The van der Waals surface area contributed by atoms with Gasteiger partial charge in [-0.05, 0) is 41.5 Å². The lowest BCUT2D eigenvalue weighted by atomic mass is 10.0. The minimum atomic E-state index is 0.574. The molecule has 0 amide bonds. The zero-order valence-electron chi connectivity index (χ0n) is 17.1. The first-order chi connectivity index (χ1) is 12.5. The summed E-state index contributed by atoms with van der Waals surface area (Å²) >= 11 is 0. The lowest BCUT2D eigenvalue weighted by Crippen LogP contribution is -2.35. The minimum Gasteiger partial charge on any atom is -0.379 e. The molecular weight excluding hydrogens is 320 g/mol. The van der Waals surface area contributed by atoms with Crippen molar-refractivity contribution in [2.24, 2.45) is 5.92 Å². The number of hydrogen-bond acceptors (Lipinski definition) is 2. The van der Waals surface area contributed by atoms with Gasteiger partial charge in [-0.2, -0.15) is 0 Å². The van der Waals surface area contributed by atoms with Crippen LogP contribution in [-0.4, -0.2) is 35.8 Å². The molecule has 3 nitrogen and oxygen atoms in total. The van der Waals surface area contributed by atoms with E-state index in [9.17, 15) is 0 Å². The van der Waals surface area contributed by atoms with Gasteiger partial charge in [-0.15, -0.1) is 0 Å². The number of nitrogens with zero attached hydrogens (tertiary/aromatic N) is 2. The van der Waals surface area contributed by atoms with Gasteiger partial charge in [0.05, 0.1) is 13.2 Å². The summed E-state index contributed by atoms with van der Waals surface area (Å²) in [5, 5.41) is 0. The monoisotopic (exact) mass is 354 g/mol. The van der Waals surface area contributed by atoms with E-state index in [1.165, 1.54) is 28.1 Å². The first kappa shape index (κ1) is 19.2. The van der Waals surface area contributed by atoms with Crippen LogP contribution in [-0.2, 0) is 17.8 Å². The van der Waals surface area contributed by atoms with E-state index in [4.69, 9.17) is 4.74 Å². The Hall–Kier alpha value is -1.58. The van der Waals surface area contributed by atoms with Crippen LogP contribution in [0.25, 0.3) is 11.3 Å². The van der Waals surface area contributed by atoms with Crippen molar-refractivity contribution in [2.45, 2.75) is 53.6 Å². The molecule has 1 saturated heterocycles. The van der Waals surface area contributed by atoms with Crippen LogP contribution in [0.2, 0.25) is 0 Å². The SMILES string of the molecule is Cc1c(CN2CCOCC2)cc(-c2ccc(C(C)C)cc2)n1CC(C)C. The largest absolute Gasteiger partial charge is 0.379 e. The molecule has 0 spiro atoms. The van der Waals surface area contributed by atoms with Gasteiger partial charge >= 0.3 is 0 Å². The molecule has 1 aliphatic heterocycles. The van der Waals surface area contributed by atoms with Crippen LogP contribution in [0.1, 0.15) is 50.4 Å². The van der Waals surface area contributed by atoms with Gasteiger partial charge in [0.25, 0.3) is 0 Å². The number of aromatic nitrogens is 1. The second-order valence-corrected chi connectivity index (χ2v) is 8.31. The number of benzene rings is 1. The zero-order valence-corrected chi connectivity index (χ0v) is 17.1. The maximum atomic E-state index is 5.50. The van der Waals surface area contributed by atoms with Crippen LogP contribution in [0.4, 0.5) is 0 Å². The Kier molecular flexibility index (Phi) is 6.20. The third kappa shape index (κ3) is 4.39. The summed E-state index contributed by atoms with van der Waals surface area (Å²) in [7, 11) is 0. The average Bonchev–Trinajstić information content (AvgIpc) is 2.92. The van der Waals surface area contributed by atoms with Crippen molar-refractivity contribution in [3.63, 3.8) is 0 Å². The van der Waals surface area contributed by atoms with E-state index in [1.54, 1.807) is 0 Å². The van der Waals surface area contributed by atoms with E-state index in [-0.39, 0.29) is 0 Å². The van der Waals surface area contributed by atoms with E-state index >= 15 is 0 Å². The number of hydrogen-bond donors (Lipinski definition) is 0. The summed E-state index contributed by atoms with van der Waals surface area (Å²) in [4.78, 5) is 2.51. The topological polar surface area (TPSA) is 17.4 Å². The molecular formula is C23H34N2O. The fraction of sp³-hybridized carbons (Fsp3) is 0.565. The molecule has 3 rings (SSSR count). The summed E-state index contributed by atoms with van der Waals surface area (Å²) in [6.07, 6.45) is 0. The Morgan fingerprint density at radius 1 is 1.00 bits per heavy atom. The maximum absolute atomic E-state index is 5.50. The molecule has 2 aromatic rings. The second-order valence-electron chi connectivity index (χ2n) is 8.31. The van der Waals surface area contributed by atoms with Crippen LogP contribution in [0, 0.1) is 12.8 Å². The molecule has 0 radical (unpaired) electrons. The van der Waals surface area contributed by atoms with Gasteiger partial charge in [0.1, 0.15) is 0 Å². The lowest BCUT2D eigenvalue weighted by molar-refractivity contribution is 0.0341. The fourth-order valence-corrected chi connectivity index (χ4v) is 3.74. The van der Waals surface area contributed by atoms with E-state index in [1.807, 2.05) is 0 Å². The van der Waals surface area contributed by atoms with E-state index in [0.717, 1.165) is 39.4 Å². The molecule has 26 heavy (non-hydrogen) atoms. The van der Waals surface area contributed by atoms with Crippen LogP contribution >= 0.6 is 0 Å². The number of morpholine rings is 1. The van der Waals surface area contributed by atoms with Crippen LogP contribution in [0.15, 0.2) is 30.3 Å². The Morgan fingerprint density at radius 2 is 1.65 bits per heavy atom. The van der Waals surface area contributed by atoms with Crippen molar-refractivity contribution < 1.29 is 4.74 Å². The summed E-state index contributed by atoms with van der Waals surface area (Å²) in [5.41, 5.74) is 6.95. The van der Waals surface area contributed by atoms with Gasteiger partial charge < -0.3 is 9.30 Å². The second kappa shape index (κ2) is 8.41. The maximum Gasteiger partial charge on any atom is 0.0594 e. The minimum absolute atomic E-state index is 0.574. The quantitative estimate of drug-likeness (QED) is 0.720. The Morgan fingerprint density at radius 3 is 2.23 bits per heavy atom. The van der Waals surface area contributed by atoms with Gasteiger partial charge in [0.15, 0.2) is 0 Å². The molecule has 1 aromatic heterocycles. The summed E-state index contributed by atoms with van der Waals surface area (Å²) in [6, 6.07) is 11.6. The van der Waals surface area contributed by atoms with Crippen LogP contribution in [0.3, 0.4) is 0 Å². The molecule has 0 N–H and O–H groups in total. The van der Waals surface area contributed by atoms with Crippen molar-refractivity contribution in [2.75, 3.05) is 26.3 Å². The first-order valence-electron chi connectivity index (χ1n) is 10.0. The molecule has 1 aliphatic rings. The third-order valence-corrected chi connectivity index (χ3v) is 5.39. The van der Waals surface area contributed by atoms with Gasteiger partial charge in [-0.1, -0.05) is 52.0 Å². The highest BCUT2D eigenvalue weighted by Gasteiger charge is 2.18. The highest BCUT2D eigenvalue weighted by molar-refractivity contribution is 5.63. The molecule has 142 valence electrons. The van der Waals surface area contributed by atoms with E-state index in [2.05, 4.69) is 74.4 Å². The van der Waals surface area contributed by atoms with Crippen molar-refractivity contribution in [3.8, 4) is 11.3 Å². The smallest absolute Gasteiger partial charge is 0.0594 e. The Bertz CT molecular complexity index is 707. The molecule has 0 aliphatic carbocycles. The predicted octanol–water partition coefficient (Wildman–Crippen LogP) is 5.08. The standard InChI is InChI=1S/C23H34N2O/c1-17(2)15-25-19(5)22(16-24-10-12-26-13-11-24)14-23(25)21-8-6-20(7-9-21)18(3)4/h6-9,14,17-18H,10-13,15-16H2,1-5H3. The summed E-state index contributed by atoms with van der Waals surface area (Å²) in [5.74, 6) is 1.20. The van der Waals surface area contributed by atoms with Crippen molar-refractivity contribution in [1.29, 1.82) is 0 Å². The fourth-order valence-electron chi connectivity index (χ4n) is 3.74. The highest BCUT2D eigenvalue weighted by Crippen LogP contribution is 2.29. The molecule has 0 saturated carbocycles. The Balaban J connectivity index is 1.92.